The Hall–Kier alpha value is -1.51. The molecule has 8 heteroatoms. The fourth-order valence-electron chi connectivity index (χ4n) is 1.54. The van der Waals surface area contributed by atoms with Crippen LogP contribution in [0.15, 0.2) is 29.2 Å². The van der Waals surface area contributed by atoms with Crippen LogP contribution < -0.4 is 5.73 Å². The third kappa shape index (κ3) is 3.75. The van der Waals surface area contributed by atoms with Crippen LogP contribution in [0.25, 0.3) is 0 Å². The van der Waals surface area contributed by atoms with Gasteiger partial charge < -0.3 is 10.5 Å². The van der Waals surface area contributed by atoms with Crippen LogP contribution >= 0.6 is 12.2 Å². The summed E-state index contributed by atoms with van der Waals surface area (Å²) < 4.78 is 30.4. The van der Waals surface area contributed by atoms with E-state index in [4.69, 9.17) is 22.7 Å². The Kier molecular flexibility index (Phi) is 5.61. The average molecular weight is 316 g/mol. The molecule has 0 aliphatic carbocycles. The molecule has 0 amide bonds. The minimum atomic E-state index is -3.86. The zero-order valence-corrected chi connectivity index (χ0v) is 12.8. The van der Waals surface area contributed by atoms with E-state index in [9.17, 15) is 13.2 Å². The Morgan fingerprint density at radius 3 is 2.55 bits per heavy atom. The van der Waals surface area contributed by atoms with Crippen molar-refractivity contribution >= 4 is 33.2 Å². The average Bonchev–Trinajstić information content (AvgIpc) is 2.38. The van der Waals surface area contributed by atoms with Crippen LogP contribution in [-0.2, 0) is 19.6 Å². The maximum Gasteiger partial charge on any atom is 0.321 e. The van der Waals surface area contributed by atoms with Gasteiger partial charge in [-0.2, -0.15) is 4.31 Å². The van der Waals surface area contributed by atoms with Crippen molar-refractivity contribution in [1.82, 2.24) is 4.31 Å². The molecule has 2 N–H and O–H groups in total. The maximum atomic E-state index is 12.4. The minimum absolute atomic E-state index is 0.0197. The number of carbonyl (C=O) groups is 1. The zero-order chi connectivity index (χ0) is 15.3. The van der Waals surface area contributed by atoms with Crippen molar-refractivity contribution in [3.8, 4) is 0 Å². The summed E-state index contributed by atoms with van der Waals surface area (Å²) >= 11 is 4.84. The molecule has 0 spiro atoms. The lowest BCUT2D eigenvalue weighted by atomic mass is 10.2. The first-order valence-corrected chi connectivity index (χ1v) is 7.66. The lowest BCUT2D eigenvalue weighted by Gasteiger charge is -2.18. The largest absolute Gasteiger partial charge is 0.465 e. The molecule has 0 saturated heterocycles. The van der Waals surface area contributed by atoms with Crippen LogP contribution in [0, 0.1) is 0 Å². The minimum Gasteiger partial charge on any atom is -0.465 e. The predicted molar refractivity (Wildman–Crippen MR) is 78.8 cm³/mol. The Morgan fingerprint density at radius 2 is 2.00 bits per heavy atom. The van der Waals surface area contributed by atoms with Gasteiger partial charge in [0.05, 0.1) is 11.5 Å². The van der Waals surface area contributed by atoms with E-state index in [1.54, 1.807) is 19.1 Å². The summed E-state index contributed by atoms with van der Waals surface area (Å²) in [6.45, 7) is 1.46. The van der Waals surface area contributed by atoms with E-state index >= 15 is 0 Å². The zero-order valence-electron chi connectivity index (χ0n) is 11.2. The molecule has 0 heterocycles. The van der Waals surface area contributed by atoms with E-state index in [0.29, 0.717) is 0 Å². The van der Waals surface area contributed by atoms with Gasteiger partial charge in [-0.15, -0.1) is 0 Å². The van der Waals surface area contributed by atoms with Crippen molar-refractivity contribution < 1.29 is 17.9 Å². The Balaban J connectivity index is 3.11. The molecule has 1 aromatic carbocycles. The first-order valence-electron chi connectivity index (χ1n) is 5.81. The Labute approximate surface area is 123 Å². The number of hydrogen-bond acceptors (Lipinski definition) is 5. The summed E-state index contributed by atoms with van der Waals surface area (Å²) in [6, 6.07) is 6.12. The summed E-state index contributed by atoms with van der Waals surface area (Å²) in [5.74, 6) is -0.619. The topological polar surface area (TPSA) is 89.7 Å². The molecule has 0 atom stereocenters. The van der Waals surface area contributed by atoms with Crippen molar-refractivity contribution in [3.05, 3.63) is 29.8 Å². The van der Waals surface area contributed by atoms with Crippen molar-refractivity contribution in [2.24, 2.45) is 5.73 Å². The summed E-state index contributed by atoms with van der Waals surface area (Å²) in [4.78, 5) is 11.3. The number of hydrogen-bond donors (Lipinski definition) is 1. The molecule has 0 bridgehead atoms. The molecule has 0 saturated carbocycles. The molecule has 0 unspecified atom stereocenters. The third-order valence-corrected chi connectivity index (χ3v) is 4.58. The molecular weight excluding hydrogens is 300 g/mol. The molecule has 0 aromatic heterocycles. The lowest BCUT2D eigenvalue weighted by molar-refractivity contribution is -0.143. The van der Waals surface area contributed by atoms with Crippen LogP contribution in [0.3, 0.4) is 0 Å². The normalized spacial score (nSPS) is 11.3. The SMILES string of the molecule is CCOC(=O)CN(C)S(=O)(=O)c1ccccc1C(N)=S. The summed E-state index contributed by atoms with van der Waals surface area (Å²) in [6.07, 6.45) is 0. The van der Waals surface area contributed by atoms with E-state index in [-0.39, 0.29) is 28.6 Å². The first-order chi connectivity index (χ1) is 9.30. The smallest absolute Gasteiger partial charge is 0.321 e. The Bertz CT molecular complexity index is 614. The second kappa shape index (κ2) is 6.78. The highest BCUT2D eigenvalue weighted by Gasteiger charge is 2.26. The molecule has 1 rings (SSSR count). The molecule has 0 aliphatic heterocycles. The number of thiocarbonyl (C=S) groups is 1. The van der Waals surface area contributed by atoms with E-state index in [0.717, 1.165) is 4.31 Å². The molecule has 6 nitrogen and oxygen atoms in total. The van der Waals surface area contributed by atoms with E-state index in [2.05, 4.69) is 0 Å². The van der Waals surface area contributed by atoms with Gasteiger partial charge >= 0.3 is 5.97 Å². The molecule has 0 radical (unpaired) electrons. The summed E-state index contributed by atoms with van der Waals surface area (Å²) in [7, 11) is -2.57. The highest BCUT2D eigenvalue weighted by molar-refractivity contribution is 7.89. The highest BCUT2D eigenvalue weighted by atomic mass is 32.2. The van der Waals surface area contributed by atoms with Crippen LogP contribution in [0.4, 0.5) is 0 Å². The number of likely N-dealkylation sites (N-methyl/N-ethyl adjacent to an activating group) is 1. The molecule has 1 aromatic rings. The second-order valence-corrected chi connectivity index (χ2v) is 6.38. The van der Waals surface area contributed by atoms with Gasteiger partial charge in [-0.25, -0.2) is 8.42 Å². The molecule has 110 valence electrons. The maximum absolute atomic E-state index is 12.4. The number of rotatable bonds is 6. The number of ether oxygens (including phenoxy) is 1. The number of esters is 1. The molecular formula is C12H16N2O4S2. The fraction of sp³-hybridized carbons (Fsp3) is 0.333. The van der Waals surface area contributed by atoms with Crippen LogP contribution in [-0.4, -0.2) is 43.9 Å². The quantitative estimate of drug-likeness (QED) is 0.607. The third-order valence-electron chi connectivity index (χ3n) is 2.50. The van der Waals surface area contributed by atoms with Crippen molar-refractivity contribution in [2.45, 2.75) is 11.8 Å². The van der Waals surface area contributed by atoms with Gasteiger partial charge in [-0.1, -0.05) is 30.4 Å². The van der Waals surface area contributed by atoms with E-state index in [1.807, 2.05) is 0 Å². The number of nitrogens with zero attached hydrogens (tertiary/aromatic N) is 1. The summed E-state index contributed by atoms with van der Waals surface area (Å²) in [5, 5.41) is 0. The van der Waals surface area contributed by atoms with Gasteiger partial charge in [-0.3, -0.25) is 4.79 Å². The molecule has 0 fully saturated rings. The predicted octanol–water partition coefficient (Wildman–Crippen LogP) is 0.504. The van der Waals surface area contributed by atoms with Crippen LogP contribution in [0.5, 0.6) is 0 Å². The van der Waals surface area contributed by atoms with Gasteiger partial charge in [0.15, 0.2) is 0 Å². The van der Waals surface area contributed by atoms with Gasteiger partial charge in [0.2, 0.25) is 10.0 Å². The van der Waals surface area contributed by atoms with Gasteiger partial charge in [0.1, 0.15) is 11.5 Å². The van der Waals surface area contributed by atoms with Crippen LogP contribution in [0.1, 0.15) is 12.5 Å². The Morgan fingerprint density at radius 1 is 1.40 bits per heavy atom. The lowest BCUT2D eigenvalue weighted by Crippen LogP contribution is -2.34. The number of benzene rings is 1. The summed E-state index contributed by atoms with van der Waals surface area (Å²) in [5.41, 5.74) is 5.77. The van der Waals surface area contributed by atoms with Crippen LogP contribution in [0.2, 0.25) is 0 Å². The second-order valence-electron chi connectivity index (χ2n) is 3.93. The van der Waals surface area contributed by atoms with Gasteiger partial charge in [0, 0.05) is 12.6 Å². The number of carbonyl (C=O) groups excluding carboxylic acids is 1. The van der Waals surface area contributed by atoms with Crippen molar-refractivity contribution in [1.29, 1.82) is 0 Å². The van der Waals surface area contributed by atoms with Gasteiger partial charge in [0.25, 0.3) is 0 Å². The van der Waals surface area contributed by atoms with Gasteiger partial charge in [-0.05, 0) is 13.0 Å². The highest BCUT2D eigenvalue weighted by Crippen LogP contribution is 2.19. The molecule has 20 heavy (non-hydrogen) atoms. The standard InChI is InChI=1S/C12H16N2O4S2/c1-3-18-11(15)8-14(2)20(16,17)10-7-5-4-6-9(10)12(13)19/h4-7H,3,8H2,1-2H3,(H2,13,19). The van der Waals surface area contributed by atoms with Crippen molar-refractivity contribution in [2.75, 3.05) is 20.2 Å². The first kappa shape index (κ1) is 16.5. The van der Waals surface area contributed by atoms with E-state index < -0.39 is 16.0 Å². The monoisotopic (exact) mass is 316 g/mol. The van der Waals surface area contributed by atoms with E-state index in [1.165, 1.54) is 19.2 Å². The number of sulfonamides is 1. The fourth-order valence-corrected chi connectivity index (χ4v) is 3.10. The van der Waals surface area contributed by atoms with Crippen molar-refractivity contribution in [3.63, 3.8) is 0 Å². The number of nitrogens with two attached hydrogens (primary N) is 1. The molecule has 0 aliphatic rings.